The van der Waals surface area contributed by atoms with Gasteiger partial charge in [-0.25, -0.2) is 0 Å². The average molecular weight is 434 g/mol. The number of benzene rings is 1. The molecule has 0 atom stereocenters. The van der Waals surface area contributed by atoms with Crippen LogP contribution in [0.5, 0.6) is 0 Å². The van der Waals surface area contributed by atoms with E-state index in [1.807, 2.05) is 29.2 Å². The minimum absolute atomic E-state index is 0.109. The first-order chi connectivity index (χ1) is 9.13. The third kappa shape index (κ3) is 3.60. The lowest BCUT2D eigenvalue weighted by Crippen LogP contribution is -2.39. The molecule has 1 amide bonds. The van der Waals surface area contributed by atoms with Gasteiger partial charge in [-0.15, -0.1) is 6.58 Å². The largest absolute Gasteiger partial charge is 0.332 e. The second-order valence-corrected chi connectivity index (χ2v) is 6.91. The van der Waals surface area contributed by atoms with Crippen LogP contribution in [0.4, 0.5) is 0 Å². The number of amides is 1. The SMILES string of the molecule is C=CCN(C(=O)c1cc(I)ccc1Br)C1CCCC1. The van der Waals surface area contributed by atoms with E-state index in [1.54, 1.807) is 0 Å². The van der Waals surface area contributed by atoms with Crippen molar-refractivity contribution in [3.05, 3.63) is 44.5 Å². The number of nitrogens with zero attached hydrogens (tertiary/aromatic N) is 1. The molecule has 19 heavy (non-hydrogen) atoms. The van der Waals surface area contributed by atoms with E-state index >= 15 is 0 Å². The number of carbonyl (C=O) groups is 1. The Morgan fingerprint density at radius 3 is 2.79 bits per heavy atom. The van der Waals surface area contributed by atoms with Crippen molar-refractivity contribution in [3.8, 4) is 0 Å². The highest BCUT2D eigenvalue weighted by Crippen LogP contribution is 2.27. The van der Waals surface area contributed by atoms with Crippen LogP contribution in [0, 0.1) is 3.57 Å². The number of carbonyl (C=O) groups excluding carboxylic acids is 1. The molecule has 0 saturated heterocycles. The van der Waals surface area contributed by atoms with Crippen molar-refractivity contribution in [3.63, 3.8) is 0 Å². The first kappa shape index (κ1) is 15.0. The van der Waals surface area contributed by atoms with Crippen molar-refractivity contribution >= 4 is 44.4 Å². The van der Waals surface area contributed by atoms with Crippen LogP contribution >= 0.6 is 38.5 Å². The maximum absolute atomic E-state index is 12.7. The molecule has 1 fully saturated rings. The van der Waals surface area contributed by atoms with Crippen LogP contribution in [0.15, 0.2) is 35.3 Å². The molecule has 1 aliphatic carbocycles. The highest BCUT2D eigenvalue weighted by atomic mass is 127. The zero-order valence-electron chi connectivity index (χ0n) is 10.7. The molecule has 0 aliphatic heterocycles. The summed E-state index contributed by atoms with van der Waals surface area (Å²) in [5, 5.41) is 0. The maximum Gasteiger partial charge on any atom is 0.255 e. The van der Waals surface area contributed by atoms with Crippen LogP contribution in [0.2, 0.25) is 0 Å². The second kappa shape index (κ2) is 6.88. The standard InChI is InChI=1S/C15H17BrINO/c1-2-9-18(12-5-3-4-6-12)15(19)13-10-11(17)7-8-14(13)16/h2,7-8,10,12H,1,3-6,9H2. The molecule has 1 saturated carbocycles. The van der Waals surface area contributed by atoms with E-state index < -0.39 is 0 Å². The molecule has 0 aromatic heterocycles. The predicted octanol–water partition coefficient (Wildman–Crippen LogP) is 4.62. The monoisotopic (exact) mass is 433 g/mol. The molecule has 1 aromatic rings. The Hall–Kier alpha value is -0.360. The molecule has 0 N–H and O–H groups in total. The maximum atomic E-state index is 12.7. The van der Waals surface area contributed by atoms with Gasteiger partial charge in [-0.3, -0.25) is 4.79 Å². The summed E-state index contributed by atoms with van der Waals surface area (Å²) in [5.41, 5.74) is 0.751. The van der Waals surface area contributed by atoms with Crippen molar-refractivity contribution in [1.29, 1.82) is 0 Å². The minimum Gasteiger partial charge on any atom is -0.332 e. The highest BCUT2D eigenvalue weighted by Gasteiger charge is 2.27. The van der Waals surface area contributed by atoms with Gasteiger partial charge >= 0.3 is 0 Å². The Morgan fingerprint density at radius 1 is 1.47 bits per heavy atom. The van der Waals surface area contributed by atoms with Gasteiger partial charge in [0.05, 0.1) is 5.56 Å². The highest BCUT2D eigenvalue weighted by molar-refractivity contribution is 14.1. The van der Waals surface area contributed by atoms with E-state index in [4.69, 9.17) is 0 Å². The van der Waals surface area contributed by atoms with Crippen molar-refractivity contribution in [2.24, 2.45) is 0 Å². The fourth-order valence-electron chi connectivity index (χ4n) is 2.57. The molecule has 102 valence electrons. The third-order valence-electron chi connectivity index (χ3n) is 3.51. The van der Waals surface area contributed by atoms with Crippen LogP contribution in [0.25, 0.3) is 0 Å². The summed E-state index contributed by atoms with van der Waals surface area (Å²) < 4.78 is 1.94. The summed E-state index contributed by atoms with van der Waals surface area (Å²) in [6.45, 7) is 4.41. The van der Waals surface area contributed by atoms with Crippen molar-refractivity contribution < 1.29 is 4.79 Å². The predicted molar refractivity (Wildman–Crippen MR) is 90.3 cm³/mol. The molecular formula is C15H17BrINO. The summed E-state index contributed by atoms with van der Waals surface area (Å²) in [4.78, 5) is 14.7. The third-order valence-corrected chi connectivity index (χ3v) is 4.87. The van der Waals surface area contributed by atoms with Crippen LogP contribution in [-0.4, -0.2) is 23.4 Å². The Labute approximate surface area is 136 Å². The lowest BCUT2D eigenvalue weighted by atomic mass is 10.1. The quantitative estimate of drug-likeness (QED) is 0.501. The summed E-state index contributed by atoms with van der Waals surface area (Å²) in [7, 11) is 0. The topological polar surface area (TPSA) is 20.3 Å². The van der Waals surface area contributed by atoms with E-state index in [0.717, 1.165) is 26.4 Å². The molecule has 0 unspecified atom stereocenters. The van der Waals surface area contributed by atoms with E-state index in [-0.39, 0.29) is 5.91 Å². The first-order valence-corrected chi connectivity index (χ1v) is 8.37. The molecule has 1 aromatic carbocycles. The Balaban J connectivity index is 2.27. The summed E-state index contributed by atoms with van der Waals surface area (Å²) in [6.07, 6.45) is 6.48. The van der Waals surface area contributed by atoms with Crippen LogP contribution in [0.1, 0.15) is 36.0 Å². The van der Waals surface area contributed by atoms with E-state index in [9.17, 15) is 4.79 Å². The van der Waals surface area contributed by atoms with E-state index in [2.05, 4.69) is 45.1 Å². The lowest BCUT2D eigenvalue weighted by molar-refractivity contribution is 0.0705. The van der Waals surface area contributed by atoms with Gasteiger partial charge in [0, 0.05) is 20.6 Å². The summed E-state index contributed by atoms with van der Waals surface area (Å²) in [5.74, 6) is 0.109. The lowest BCUT2D eigenvalue weighted by Gasteiger charge is -2.28. The van der Waals surface area contributed by atoms with Crippen LogP contribution in [0.3, 0.4) is 0 Å². The number of hydrogen-bond donors (Lipinski definition) is 0. The fraction of sp³-hybridized carbons (Fsp3) is 0.400. The van der Waals surface area contributed by atoms with Crippen molar-refractivity contribution in [2.45, 2.75) is 31.7 Å². The fourth-order valence-corrected chi connectivity index (χ4v) is 3.48. The zero-order valence-corrected chi connectivity index (χ0v) is 14.5. The van der Waals surface area contributed by atoms with Gasteiger partial charge in [-0.2, -0.15) is 0 Å². The Bertz CT molecular complexity index is 483. The smallest absolute Gasteiger partial charge is 0.255 e. The van der Waals surface area contributed by atoms with Crippen LogP contribution in [-0.2, 0) is 0 Å². The zero-order chi connectivity index (χ0) is 13.8. The Kier molecular flexibility index (Phi) is 5.45. The van der Waals surface area contributed by atoms with Gasteiger partial charge in [-0.05, 0) is 69.6 Å². The van der Waals surface area contributed by atoms with Gasteiger partial charge in [0.2, 0.25) is 0 Å². The van der Waals surface area contributed by atoms with Crippen molar-refractivity contribution in [2.75, 3.05) is 6.54 Å². The molecule has 1 aliphatic rings. The second-order valence-electron chi connectivity index (χ2n) is 4.81. The normalized spacial score (nSPS) is 15.5. The molecule has 0 radical (unpaired) electrons. The Morgan fingerprint density at radius 2 is 2.16 bits per heavy atom. The summed E-state index contributed by atoms with van der Waals surface area (Å²) in [6, 6.07) is 6.25. The average Bonchev–Trinajstić information content (AvgIpc) is 2.92. The number of rotatable bonds is 4. The molecule has 2 nitrogen and oxygen atoms in total. The van der Waals surface area contributed by atoms with Gasteiger partial charge in [-0.1, -0.05) is 18.9 Å². The van der Waals surface area contributed by atoms with Gasteiger partial charge in [0.25, 0.3) is 5.91 Å². The molecule has 0 bridgehead atoms. The minimum atomic E-state index is 0.109. The van der Waals surface area contributed by atoms with E-state index in [1.165, 1.54) is 12.8 Å². The van der Waals surface area contributed by atoms with Crippen LogP contribution < -0.4 is 0 Å². The van der Waals surface area contributed by atoms with Gasteiger partial charge in [0.15, 0.2) is 0 Å². The van der Waals surface area contributed by atoms with Crippen molar-refractivity contribution in [1.82, 2.24) is 4.90 Å². The molecule has 0 spiro atoms. The van der Waals surface area contributed by atoms with Gasteiger partial charge < -0.3 is 4.90 Å². The first-order valence-electron chi connectivity index (χ1n) is 6.50. The molecular weight excluding hydrogens is 417 g/mol. The molecule has 2 rings (SSSR count). The molecule has 4 heteroatoms. The summed E-state index contributed by atoms with van der Waals surface area (Å²) >= 11 is 5.72. The van der Waals surface area contributed by atoms with Gasteiger partial charge in [0.1, 0.15) is 0 Å². The number of halogens is 2. The number of hydrogen-bond acceptors (Lipinski definition) is 1. The molecule has 0 heterocycles. The van der Waals surface area contributed by atoms with E-state index in [0.29, 0.717) is 12.6 Å².